The van der Waals surface area contributed by atoms with Crippen LogP contribution in [0.5, 0.6) is 0 Å². The number of rotatable bonds is 6. The van der Waals surface area contributed by atoms with Gasteiger partial charge in [-0.15, -0.1) is 0 Å². The number of piperidine rings is 1. The zero-order valence-corrected chi connectivity index (χ0v) is 21.4. The molecule has 12 heteroatoms. The summed E-state index contributed by atoms with van der Waals surface area (Å²) in [5, 5.41) is 0. The summed E-state index contributed by atoms with van der Waals surface area (Å²) in [6, 6.07) is 0. The van der Waals surface area contributed by atoms with Crippen LogP contribution in [-0.4, -0.2) is 74.4 Å². The number of hydrogen-bond acceptors (Lipinski definition) is 7. The van der Waals surface area contributed by atoms with Gasteiger partial charge in [-0.1, -0.05) is 19.4 Å². The molecular formula is C24H33F3N2O6S. The molecule has 1 saturated carbocycles. The molecule has 0 radical (unpaired) electrons. The molecule has 0 aromatic heterocycles. The Balaban J connectivity index is 1.38. The molecule has 4 aliphatic rings. The second kappa shape index (κ2) is 9.66. The second-order valence-corrected chi connectivity index (χ2v) is 12.0. The number of hydrogen-bond donors (Lipinski definition) is 0. The first-order valence-electron chi connectivity index (χ1n) is 12.4. The molecule has 1 amide bonds. The average Bonchev–Trinajstić information content (AvgIpc) is 3.03. The average molecular weight is 535 g/mol. The number of carbonyl (C=O) groups is 2. The summed E-state index contributed by atoms with van der Waals surface area (Å²) in [5.41, 5.74) is -7.39. The Morgan fingerprint density at radius 1 is 1.22 bits per heavy atom. The highest BCUT2D eigenvalue weighted by Gasteiger charge is 2.64. The fourth-order valence-corrected chi connectivity index (χ4v) is 6.42. The molecule has 0 bridgehead atoms. The molecular weight excluding hydrogens is 501 g/mol. The van der Waals surface area contributed by atoms with Crippen LogP contribution in [0, 0.1) is 17.3 Å². The highest BCUT2D eigenvalue weighted by molar-refractivity contribution is 7.87. The van der Waals surface area contributed by atoms with Crippen LogP contribution in [0.3, 0.4) is 0 Å². The molecule has 36 heavy (non-hydrogen) atoms. The van der Waals surface area contributed by atoms with Crippen LogP contribution in [0.15, 0.2) is 24.0 Å². The first-order valence-corrected chi connectivity index (χ1v) is 13.8. The Morgan fingerprint density at radius 3 is 2.47 bits per heavy atom. The van der Waals surface area contributed by atoms with Gasteiger partial charge in [-0.2, -0.15) is 21.6 Å². The van der Waals surface area contributed by atoms with Crippen LogP contribution in [0.2, 0.25) is 0 Å². The van der Waals surface area contributed by atoms with Crippen LogP contribution in [0.4, 0.5) is 13.2 Å². The van der Waals surface area contributed by atoms with Gasteiger partial charge in [-0.3, -0.25) is 9.59 Å². The molecule has 0 N–H and O–H groups in total. The van der Waals surface area contributed by atoms with Crippen LogP contribution in [-0.2, 0) is 28.6 Å². The number of likely N-dealkylation sites (tertiary alicyclic amines) is 1. The normalized spacial score (nSPS) is 33.1. The Kier molecular flexibility index (Phi) is 7.24. The Morgan fingerprint density at radius 2 is 1.86 bits per heavy atom. The molecule has 0 aromatic rings. The van der Waals surface area contributed by atoms with E-state index >= 15 is 0 Å². The maximum absolute atomic E-state index is 13.1. The zero-order valence-electron chi connectivity index (χ0n) is 20.6. The van der Waals surface area contributed by atoms with E-state index in [0.29, 0.717) is 32.2 Å². The van der Waals surface area contributed by atoms with Gasteiger partial charge >= 0.3 is 21.6 Å². The second-order valence-electron chi connectivity index (χ2n) is 10.5. The highest BCUT2D eigenvalue weighted by atomic mass is 32.2. The van der Waals surface area contributed by atoms with Crippen molar-refractivity contribution in [2.75, 3.05) is 33.2 Å². The van der Waals surface area contributed by atoms with Crippen molar-refractivity contribution in [2.45, 2.75) is 63.0 Å². The number of alkyl halides is 3. The van der Waals surface area contributed by atoms with Gasteiger partial charge in [0.15, 0.2) is 0 Å². The number of halogens is 3. The third kappa shape index (κ3) is 4.90. The van der Waals surface area contributed by atoms with Crippen molar-refractivity contribution in [3.8, 4) is 0 Å². The minimum Gasteiger partial charge on any atom is -0.458 e. The van der Waals surface area contributed by atoms with Crippen molar-refractivity contribution in [3.63, 3.8) is 0 Å². The summed E-state index contributed by atoms with van der Waals surface area (Å²) in [6.45, 7) is 5.41. The number of amides is 1. The molecule has 1 spiro atoms. The van der Waals surface area contributed by atoms with Crippen LogP contribution < -0.4 is 0 Å². The molecule has 202 valence electrons. The summed E-state index contributed by atoms with van der Waals surface area (Å²) < 4.78 is 70.9. The summed E-state index contributed by atoms with van der Waals surface area (Å²) in [4.78, 5) is 30.0. The molecule has 2 aliphatic carbocycles. The largest absolute Gasteiger partial charge is 0.534 e. The molecule has 2 atom stereocenters. The van der Waals surface area contributed by atoms with Gasteiger partial charge in [0.2, 0.25) is 5.91 Å². The lowest BCUT2D eigenvalue weighted by Crippen LogP contribution is -2.49. The van der Waals surface area contributed by atoms with E-state index in [1.807, 2.05) is 7.05 Å². The van der Waals surface area contributed by atoms with Gasteiger partial charge in [-0.25, -0.2) is 0 Å². The maximum Gasteiger partial charge on any atom is 0.534 e. The number of carbonyl (C=O) groups excluding carboxylic acids is 2. The van der Waals surface area contributed by atoms with E-state index in [4.69, 9.17) is 4.74 Å². The third-order valence-electron chi connectivity index (χ3n) is 8.31. The SMILES string of the molecule is CN(CCN1CCCCC1)C(=O)C1CCC2(CC1)OC(=O)C1C=C(OS(=O)(=O)C(F)(F)F)C=CC12C. The van der Waals surface area contributed by atoms with Crippen LogP contribution in [0.1, 0.15) is 51.9 Å². The van der Waals surface area contributed by atoms with Crippen molar-refractivity contribution in [1.29, 1.82) is 0 Å². The smallest absolute Gasteiger partial charge is 0.458 e. The van der Waals surface area contributed by atoms with Crippen molar-refractivity contribution in [1.82, 2.24) is 9.80 Å². The Hall–Kier alpha value is -2.08. The minimum atomic E-state index is -5.85. The lowest BCUT2D eigenvalue weighted by molar-refractivity contribution is -0.157. The van der Waals surface area contributed by atoms with Gasteiger partial charge in [0.25, 0.3) is 0 Å². The molecule has 0 aromatic carbocycles. The third-order valence-corrected chi connectivity index (χ3v) is 9.29. The molecule has 4 rings (SSSR count). The van der Waals surface area contributed by atoms with Crippen molar-refractivity contribution in [3.05, 3.63) is 24.0 Å². The molecule has 3 fully saturated rings. The van der Waals surface area contributed by atoms with Crippen molar-refractivity contribution < 1.29 is 40.1 Å². The lowest BCUT2D eigenvalue weighted by atomic mass is 9.59. The monoisotopic (exact) mass is 534 g/mol. The topological polar surface area (TPSA) is 93.2 Å². The molecule has 8 nitrogen and oxygen atoms in total. The minimum absolute atomic E-state index is 0.0695. The van der Waals surface area contributed by atoms with E-state index in [0.717, 1.165) is 31.8 Å². The van der Waals surface area contributed by atoms with E-state index in [-0.39, 0.29) is 11.8 Å². The van der Waals surface area contributed by atoms with Gasteiger partial charge in [0.05, 0.1) is 5.92 Å². The number of nitrogens with zero attached hydrogens (tertiary/aromatic N) is 2. The van der Waals surface area contributed by atoms with Crippen LogP contribution in [0.25, 0.3) is 0 Å². The van der Waals surface area contributed by atoms with E-state index in [2.05, 4.69) is 9.08 Å². The molecule has 2 heterocycles. The molecule has 2 saturated heterocycles. The first-order chi connectivity index (χ1) is 16.8. The van der Waals surface area contributed by atoms with Crippen LogP contribution >= 0.6 is 0 Å². The van der Waals surface area contributed by atoms with Gasteiger partial charge in [-0.05, 0) is 63.8 Å². The predicted octanol–water partition coefficient (Wildman–Crippen LogP) is 3.36. The fraction of sp³-hybridized carbons (Fsp3) is 0.750. The number of likely N-dealkylation sites (N-methyl/N-ethyl adjacent to an activating group) is 1. The van der Waals surface area contributed by atoms with E-state index in [9.17, 15) is 31.2 Å². The van der Waals surface area contributed by atoms with E-state index in [1.54, 1.807) is 11.8 Å². The number of ether oxygens (including phenoxy) is 1. The highest BCUT2D eigenvalue weighted by Crippen LogP contribution is 2.58. The fourth-order valence-electron chi connectivity index (χ4n) is 5.96. The quantitative estimate of drug-likeness (QED) is 0.293. The van der Waals surface area contributed by atoms with E-state index in [1.165, 1.54) is 25.3 Å². The van der Waals surface area contributed by atoms with Gasteiger partial charge in [0.1, 0.15) is 11.4 Å². The lowest BCUT2D eigenvalue weighted by Gasteiger charge is -2.46. The van der Waals surface area contributed by atoms with Crippen molar-refractivity contribution in [2.24, 2.45) is 17.3 Å². The van der Waals surface area contributed by atoms with Gasteiger partial charge < -0.3 is 18.7 Å². The number of esters is 1. The number of fused-ring (bicyclic) bond motifs is 2. The zero-order chi connectivity index (χ0) is 26.4. The molecule has 2 aliphatic heterocycles. The summed E-state index contributed by atoms with van der Waals surface area (Å²) in [7, 11) is -4.04. The van der Waals surface area contributed by atoms with E-state index < -0.39 is 44.3 Å². The number of allylic oxidation sites excluding steroid dienone is 1. The predicted molar refractivity (Wildman–Crippen MR) is 124 cm³/mol. The Bertz CT molecular complexity index is 1040. The summed E-state index contributed by atoms with van der Waals surface area (Å²) >= 11 is 0. The Labute approximate surface area is 209 Å². The molecule has 2 unspecified atom stereocenters. The summed E-state index contributed by atoms with van der Waals surface area (Å²) in [6.07, 6.45) is 9.28. The summed E-state index contributed by atoms with van der Waals surface area (Å²) in [5.74, 6) is -2.32. The van der Waals surface area contributed by atoms with Gasteiger partial charge in [0, 0.05) is 31.5 Å². The standard InChI is InChI=1S/C24H33F3N2O6S/c1-22-9-8-18(35-36(32,33)24(25,26)27)16-19(22)21(31)34-23(22)10-6-17(7-11-23)20(30)28(2)14-15-29-12-4-3-5-13-29/h8-9,16-17,19H,3-7,10-15H2,1-2H3. The van der Waals surface area contributed by atoms with Crippen molar-refractivity contribution >= 4 is 22.0 Å². The first kappa shape index (κ1) is 27.0. The maximum atomic E-state index is 13.1.